The molecular formula is C12H14N2O2S3. The smallest absolute Gasteiger partial charge is 0.233 e. The Morgan fingerprint density at radius 1 is 1.21 bits per heavy atom. The number of nitrogens with one attached hydrogen (secondary N) is 1. The van der Waals surface area contributed by atoms with Crippen LogP contribution in [0.1, 0.15) is 0 Å². The van der Waals surface area contributed by atoms with Gasteiger partial charge in [-0.25, -0.2) is 8.42 Å². The summed E-state index contributed by atoms with van der Waals surface area (Å²) in [6, 6.07) is 9.13. The van der Waals surface area contributed by atoms with Gasteiger partial charge in [0.25, 0.3) is 0 Å². The third-order valence-electron chi connectivity index (χ3n) is 2.30. The lowest BCUT2D eigenvalue weighted by molar-refractivity contribution is 0.602. The Bertz CT molecular complexity index is 607. The Hall–Kier alpha value is -1.18. The van der Waals surface area contributed by atoms with Crippen molar-refractivity contribution >= 4 is 44.5 Å². The molecular weight excluding hydrogens is 300 g/mol. The van der Waals surface area contributed by atoms with Crippen LogP contribution >= 0.6 is 23.1 Å². The minimum absolute atomic E-state index is 0.0812. The lowest BCUT2D eigenvalue weighted by Gasteiger charge is -2.06. The fourth-order valence-electron chi connectivity index (χ4n) is 1.39. The molecule has 0 radical (unpaired) electrons. The molecule has 0 saturated heterocycles. The van der Waals surface area contributed by atoms with E-state index in [2.05, 4.69) is 4.72 Å². The second-order valence-corrected chi connectivity index (χ2v) is 7.64. The van der Waals surface area contributed by atoms with Crippen molar-refractivity contribution in [2.24, 2.45) is 0 Å². The molecule has 0 atom stereocenters. The number of hydrogen-bond donors (Lipinski definition) is 2. The van der Waals surface area contributed by atoms with Gasteiger partial charge in [-0.1, -0.05) is 0 Å². The van der Waals surface area contributed by atoms with Gasteiger partial charge in [-0.3, -0.25) is 4.72 Å². The Balaban J connectivity index is 1.83. The van der Waals surface area contributed by atoms with Gasteiger partial charge in [0, 0.05) is 21.7 Å². The molecule has 0 saturated carbocycles. The highest BCUT2D eigenvalue weighted by Gasteiger charge is 2.10. The number of thioether (sulfide) groups is 1. The number of nitrogen functional groups attached to an aromatic ring is 1. The number of thiophene rings is 1. The van der Waals surface area contributed by atoms with Crippen molar-refractivity contribution in [3.05, 3.63) is 41.1 Å². The van der Waals surface area contributed by atoms with E-state index in [1.54, 1.807) is 23.6 Å². The Morgan fingerprint density at radius 3 is 2.58 bits per heavy atom. The zero-order valence-corrected chi connectivity index (χ0v) is 12.5. The van der Waals surface area contributed by atoms with Crippen molar-refractivity contribution in [2.45, 2.75) is 4.90 Å². The lowest BCUT2D eigenvalue weighted by Crippen LogP contribution is -2.17. The molecule has 4 nitrogen and oxygen atoms in total. The van der Waals surface area contributed by atoms with Gasteiger partial charge in [0.2, 0.25) is 10.0 Å². The predicted octanol–water partition coefficient (Wildman–Crippen LogP) is 2.86. The standard InChI is InChI=1S/C12H14N2O2S3/c13-10-1-3-12(4-2-10)18-7-8-19(15,16)14-11-5-6-17-9-11/h1-6,9,14H,7-8,13H2. The first-order valence-corrected chi connectivity index (χ1v) is 9.14. The molecule has 0 fully saturated rings. The lowest BCUT2D eigenvalue weighted by atomic mass is 10.3. The molecule has 0 unspecified atom stereocenters. The van der Waals surface area contributed by atoms with E-state index in [0.29, 0.717) is 17.1 Å². The van der Waals surface area contributed by atoms with Crippen LogP contribution in [0, 0.1) is 0 Å². The summed E-state index contributed by atoms with van der Waals surface area (Å²) in [7, 11) is -3.27. The van der Waals surface area contributed by atoms with Crippen molar-refractivity contribution in [2.75, 3.05) is 22.0 Å². The monoisotopic (exact) mass is 314 g/mol. The highest BCUT2D eigenvalue weighted by atomic mass is 32.2. The van der Waals surface area contributed by atoms with Gasteiger partial charge in [-0.2, -0.15) is 11.3 Å². The summed E-state index contributed by atoms with van der Waals surface area (Å²) in [4.78, 5) is 1.01. The molecule has 1 heterocycles. The minimum Gasteiger partial charge on any atom is -0.399 e. The van der Waals surface area contributed by atoms with Crippen LogP contribution in [0.15, 0.2) is 46.0 Å². The third kappa shape index (κ3) is 4.77. The van der Waals surface area contributed by atoms with E-state index < -0.39 is 10.0 Å². The van der Waals surface area contributed by atoms with Crippen LogP contribution in [0.3, 0.4) is 0 Å². The van der Waals surface area contributed by atoms with Crippen molar-refractivity contribution in [3.63, 3.8) is 0 Å². The summed E-state index contributed by atoms with van der Waals surface area (Å²) in [6.07, 6.45) is 0. The second-order valence-electron chi connectivity index (χ2n) is 3.85. The van der Waals surface area contributed by atoms with Gasteiger partial charge >= 0.3 is 0 Å². The summed E-state index contributed by atoms with van der Waals surface area (Å²) >= 11 is 2.95. The Morgan fingerprint density at radius 2 is 1.95 bits per heavy atom. The first-order valence-electron chi connectivity index (χ1n) is 5.56. The first kappa shape index (κ1) is 14.2. The number of anilines is 2. The van der Waals surface area contributed by atoms with E-state index in [0.717, 1.165) is 4.90 Å². The van der Waals surface area contributed by atoms with Crippen molar-refractivity contribution in [1.29, 1.82) is 0 Å². The van der Waals surface area contributed by atoms with Gasteiger partial charge in [-0.15, -0.1) is 11.8 Å². The van der Waals surface area contributed by atoms with Crippen molar-refractivity contribution < 1.29 is 8.42 Å². The SMILES string of the molecule is Nc1ccc(SCCS(=O)(=O)Nc2ccsc2)cc1. The number of hydrogen-bond acceptors (Lipinski definition) is 5. The van der Waals surface area contributed by atoms with E-state index in [1.165, 1.54) is 23.1 Å². The fourth-order valence-corrected chi connectivity index (χ4v) is 4.41. The molecule has 0 amide bonds. The van der Waals surface area contributed by atoms with Crippen LogP contribution in [-0.4, -0.2) is 19.9 Å². The van der Waals surface area contributed by atoms with Crippen LogP contribution in [0.4, 0.5) is 11.4 Å². The molecule has 1 aromatic heterocycles. The molecule has 3 N–H and O–H groups in total. The molecule has 0 bridgehead atoms. The average Bonchev–Trinajstić information content (AvgIpc) is 2.83. The van der Waals surface area contributed by atoms with Gasteiger partial charge in [0.1, 0.15) is 0 Å². The fraction of sp³-hybridized carbons (Fsp3) is 0.167. The Labute approximate surface area is 121 Å². The number of benzene rings is 1. The largest absolute Gasteiger partial charge is 0.399 e. The van der Waals surface area contributed by atoms with Crippen molar-refractivity contribution in [3.8, 4) is 0 Å². The summed E-state index contributed by atoms with van der Waals surface area (Å²) in [5.41, 5.74) is 6.92. The highest BCUT2D eigenvalue weighted by molar-refractivity contribution is 8.01. The molecule has 0 aliphatic carbocycles. The highest BCUT2D eigenvalue weighted by Crippen LogP contribution is 2.20. The van der Waals surface area contributed by atoms with Crippen LogP contribution < -0.4 is 10.5 Å². The maximum absolute atomic E-state index is 11.8. The quantitative estimate of drug-likeness (QED) is 0.635. The summed E-state index contributed by atoms with van der Waals surface area (Å²) < 4.78 is 26.1. The summed E-state index contributed by atoms with van der Waals surface area (Å²) in [5.74, 6) is 0.585. The predicted molar refractivity (Wildman–Crippen MR) is 83.3 cm³/mol. The van der Waals surface area contributed by atoms with E-state index in [1.807, 2.05) is 17.5 Å². The Kier molecular flexibility index (Phi) is 4.73. The molecule has 0 aliphatic rings. The van der Waals surface area contributed by atoms with Crippen molar-refractivity contribution in [1.82, 2.24) is 0 Å². The van der Waals surface area contributed by atoms with Crippen LogP contribution in [0.25, 0.3) is 0 Å². The molecule has 19 heavy (non-hydrogen) atoms. The number of rotatable bonds is 6. The summed E-state index contributed by atoms with van der Waals surface area (Å²) in [6.45, 7) is 0. The first-order chi connectivity index (χ1) is 9.05. The topological polar surface area (TPSA) is 72.2 Å². The minimum atomic E-state index is -3.27. The molecule has 1 aromatic carbocycles. The van der Waals surface area contributed by atoms with Gasteiger partial charge in [0.15, 0.2) is 0 Å². The average molecular weight is 314 g/mol. The van der Waals surface area contributed by atoms with Crippen LogP contribution in [0.2, 0.25) is 0 Å². The second kappa shape index (κ2) is 6.31. The van der Waals surface area contributed by atoms with Gasteiger partial charge < -0.3 is 5.73 Å². The molecule has 2 rings (SSSR count). The molecule has 0 spiro atoms. The maximum Gasteiger partial charge on any atom is 0.233 e. The normalized spacial score (nSPS) is 11.4. The molecule has 102 valence electrons. The molecule has 2 aromatic rings. The maximum atomic E-state index is 11.8. The number of nitrogens with two attached hydrogens (primary N) is 1. The van der Waals surface area contributed by atoms with E-state index in [-0.39, 0.29) is 5.75 Å². The molecule has 0 aliphatic heterocycles. The third-order valence-corrected chi connectivity index (χ3v) is 5.54. The van der Waals surface area contributed by atoms with Gasteiger partial charge in [0.05, 0.1) is 11.4 Å². The van der Waals surface area contributed by atoms with Crippen LogP contribution in [-0.2, 0) is 10.0 Å². The van der Waals surface area contributed by atoms with E-state index in [4.69, 9.17) is 5.73 Å². The van der Waals surface area contributed by atoms with Crippen LogP contribution in [0.5, 0.6) is 0 Å². The van der Waals surface area contributed by atoms with E-state index >= 15 is 0 Å². The van der Waals surface area contributed by atoms with Gasteiger partial charge in [-0.05, 0) is 35.7 Å². The number of sulfonamides is 1. The summed E-state index contributed by atoms with van der Waals surface area (Å²) in [5, 5.41) is 3.60. The zero-order valence-electron chi connectivity index (χ0n) is 10.1. The van der Waals surface area contributed by atoms with E-state index in [9.17, 15) is 8.42 Å². The molecule has 7 heteroatoms. The zero-order chi connectivity index (χ0) is 13.7.